The van der Waals surface area contributed by atoms with Gasteiger partial charge in [-0.3, -0.25) is 0 Å². The van der Waals surface area contributed by atoms with Crippen molar-refractivity contribution in [2.75, 3.05) is 0 Å². The molecule has 0 radical (unpaired) electrons. The van der Waals surface area contributed by atoms with Crippen LogP contribution in [0, 0.1) is 5.95 Å². The number of benzene rings is 1. The second-order valence-electron chi connectivity index (χ2n) is 3.18. The van der Waals surface area contributed by atoms with Crippen molar-refractivity contribution in [2.45, 2.75) is 6.61 Å². The van der Waals surface area contributed by atoms with E-state index in [2.05, 4.69) is 4.98 Å². The summed E-state index contributed by atoms with van der Waals surface area (Å²) in [4.78, 5) is 3.59. The number of aromatic nitrogens is 1. The summed E-state index contributed by atoms with van der Waals surface area (Å²) in [6.45, 7) is 0.274. The fraction of sp³-hybridized carbons (Fsp3) is 0.0833. The summed E-state index contributed by atoms with van der Waals surface area (Å²) >= 11 is 5.95. The maximum Gasteiger partial charge on any atom is 0.216 e. The molecule has 2 aromatic rings. The van der Waals surface area contributed by atoms with Gasteiger partial charge in [0.05, 0.1) is 0 Å². The molecule has 0 bridgehead atoms. The van der Waals surface area contributed by atoms with Gasteiger partial charge in [-0.1, -0.05) is 35.9 Å². The second kappa shape index (κ2) is 4.94. The highest BCUT2D eigenvalue weighted by Gasteiger charge is 2.01. The summed E-state index contributed by atoms with van der Waals surface area (Å²) in [6, 6.07) is 11.7. The molecule has 4 heteroatoms. The molecule has 0 aliphatic carbocycles. The first-order valence-electron chi connectivity index (χ1n) is 4.74. The fourth-order valence-electron chi connectivity index (χ4n) is 1.24. The van der Waals surface area contributed by atoms with Gasteiger partial charge in [0.15, 0.2) is 0 Å². The molecule has 1 aromatic carbocycles. The number of pyridine rings is 1. The Labute approximate surface area is 97.7 Å². The highest BCUT2D eigenvalue weighted by molar-refractivity contribution is 6.31. The van der Waals surface area contributed by atoms with Gasteiger partial charge in [-0.05, 0) is 12.1 Å². The van der Waals surface area contributed by atoms with Gasteiger partial charge in [-0.15, -0.1) is 0 Å². The van der Waals surface area contributed by atoms with Gasteiger partial charge in [-0.25, -0.2) is 0 Å². The monoisotopic (exact) mass is 237 g/mol. The van der Waals surface area contributed by atoms with Crippen LogP contribution in [0.3, 0.4) is 0 Å². The quantitative estimate of drug-likeness (QED) is 0.763. The first kappa shape index (κ1) is 10.9. The predicted molar refractivity (Wildman–Crippen MR) is 60.0 cm³/mol. The van der Waals surface area contributed by atoms with Crippen LogP contribution in [0.2, 0.25) is 5.02 Å². The van der Waals surface area contributed by atoms with Crippen LogP contribution in [-0.4, -0.2) is 4.98 Å². The van der Waals surface area contributed by atoms with Crippen LogP contribution in [-0.2, 0) is 6.61 Å². The molecule has 16 heavy (non-hydrogen) atoms. The Morgan fingerprint density at radius 3 is 2.69 bits per heavy atom. The van der Waals surface area contributed by atoms with E-state index in [9.17, 15) is 4.39 Å². The zero-order valence-corrected chi connectivity index (χ0v) is 9.12. The lowest BCUT2D eigenvalue weighted by Crippen LogP contribution is -1.98. The van der Waals surface area contributed by atoms with E-state index in [1.807, 2.05) is 18.2 Å². The van der Waals surface area contributed by atoms with Gasteiger partial charge in [0.2, 0.25) is 11.8 Å². The van der Waals surface area contributed by atoms with Crippen molar-refractivity contribution in [3.63, 3.8) is 0 Å². The van der Waals surface area contributed by atoms with E-state index in [0.29, 0.717) is 5.02 Å². The van der Waals surface area contributed by atoms with E-state index in [4.69, 9.17) is 16.3 Å². The summed E-state index contributed by atoms with van der Waals surface area (Å²) in [5, 5.41) is 0.624. The maximum absolute atomic E-state index is 12.8. The molecule has 0 saturated carbocycles. The van der Waals surface area contributed by atoms with Crippen LogP contribution in [0.25, 0.3) is 0 Å². The standard InChI is InChI=1S/C12H9ClFNO/c13-10-5-2-1-4-9(10)8-16-12-7-3-6-11(14)15-12/h1-7H,8H2. The molecule has 0 N–H and O–H groups in total. The molecule has 2 nitrogen and oxygen atoms in total. The van der Waals surface area contributed by atoms with Crippen LogP contribution >= 0.6 is 11.6 Å². The predicted octanol–water partition coefficient (Wildman–Crippen LogP) is 3.45. The molecule has 82 valence electrons. The largest absolute Gasteiger partial charge is 0.473 e. The first-order valence-corrected chi connectivity index (χ1v) is 5.12. The maximum atomic E-state index is 12.8. The Hall–Kier alpha value is -1.61. The summed E-state index contributed by atoms with van der Waals surface area (Å²) in [6.07, 6.45) is 0. The minimum absolute atomic E-state index is 0.250. The minimum atomic E-state index is -0.559. The van der Waals surface area contributed by atoms with Crippen molar-refractivity contribution in [2.24, 2.45) is 0 Å². The van der Waals surface area contributed by atoms with Gasteiger partial charge >= 0.3 is 0 Å². The molecule has 2 rings (SSSR count). The van der Waals surface area contributed by atoms with Gasteiger partial charge < -0.3 is 4.74 Å². The fourth-order valence-corrected chi connectivity index (χ4v) is 1.43. The number of nitrogens with zero attached hydrogens (tertiary/aromatic N) is 1. The third kappa shape index (κ3) is 2.70. The van der Waals surface area contributed by atoms with Crippen molar-refractivity contribution >= 4 is 11.6 Å². The molecule has 1 aromatic heterocycles. The average Bonchev–Trinajstić information content (AvgIpc) is 2.28. The Bertz CT molecular complexity index is 490. The van der Waals surface area contributed by atoms with E-state index in [1.165, 1.54) is 6.07 Å². The third-order valence-electron chi connectivity index (χ3n) is 2.02. The molecule has 0 fully saturated rings. The zero-order valence-electron chi connectivity index (χ0n) is 8.36. The van der Waals surface area contributed by atoms with E-state index in [1.54, 1.807) is 18.2 Å². The van der Waals surface area contributed by atoms with E-state index >= 15 is 0 Å². The molecule has 0 saturated heterocycles. The highest BCUT2D eigenvalue weighted by Crippen LogP contribution is 2.17. The highest BCUT2D eigenvalue weighted by atomic mass is 35.5. The summed E-state index contributed by atoms with van der Waals surface area (Å²) in [5.41, 5.74) is 0.843. The van der Waals surface area contributed by atoms with Crippen molar-refractivity contribution in [3.05, 3.63) is 59.0 Å². The smallest absolute Gasteiger partial charge is 0.216 e. The Balaban J connectivity index is 2.05. The lowest BCUT2D eigenvalue weighted by molar-refractivity contribution is 0.289. The molecule has 0 aliphatic heterocycles. The second-order valence-corrected chi connectivity index (χ2v) is 3.59. The van der Waals surface area contributed by atoms with Gasteiger partial charge in [-0.2, -0.15) is 9.37 Å². The molecule has 0 atom stereocenters. The van der Waals surface area contributed by atoms with Crippen LogP contribution in [0.15, 0.2) is 42.5 Å². The number of rotatable bonds is 3. The molecule has 0 unspecified atom stereocenters. The van der Waals surface area contributed by atoms with Crippen molar-refractivity contribution in [3.8, 4) is 5.88 Å². The average molecular weight is 238 g/mol. The zero-order chi connectivity index (χ0) is 11.4. The molecule has 0 aliphatic rings. The number of hydrogen-bond donors (Lipinski definition) is 0. The lowest BCUT2D eigenvalue weighted by atomic mass is 10.2. The van der Waals surface area contributed by atoms with Crippen molar-refractivity contribution < 1.29 is 9.13 Å². The molecule has 0 amide bonds. The van der Waals surface area contributed by atoms with Gasteiger partial charge in [0.25, 0.3) is 0 Å². The van der Waals surface area contributed by atoms with Crippen LogP contribution in [0.5, 0.6) is 5.88 Å². The van der Waals surface area contributed by atoms with E-state index < -0.39 is 5.95 Å². The van der Waals surface area contributed by atoms with Crippen LogP contribution in [0.4, 0.5) is 4.39 Å². The summed E-state index contributed by atoms with van der Waals surface area (Å²) < 4.78 is 18.1. The van der Waals surface area contributed by atoms with E-state index in [-0.39, 0.29) is 12.5 Å². The molecule has 0 spiro atoms. The molecular weight excluding hydrogens is 229 g/mol. The molecular formula is C12H9ClFNO. The Kier molecular flexibility index (Phi) is 3.37. The van der Waals surface area contributed by atoms with Crippen molar-refractivity contribution in [1.82, 2.24) is 4.98 Å². The first-order chi connectivity index (χ1) is 7.75. The minimum Gasteiger partial charge on any atom is -0.473 e. The van der Waals surface area contributed by atoms with Crippen LogP contribution in [0.1, 0.15) is 5.56 Å². The topological polar surface area (TPSA) is 22.1 Å². The van der Waals surface area contributed by atoms with Gasteiger partial charge in [0.1, 0.15) is 6.61 Å². The Morgan fingerprint density at radius 1 is 1.12 bits per heavy atom. The number of hydrogen-bond acceptors (Lipinski definition) is 2. The Morgan fingerprint density at radius 2 is 1.94 bits per heavy atom. The SMILES string of the molecule is Fc1cccc(OCc2ccccc2Cl)n1. The number of ether oxygens (including phenoxy) is 1. The number of halogens is 2. The normalized spacial score (nSPS) is 10.1. The third-order valence-corrected chi connectivity index (χ3v) is 2.39. The van der Waals surface area contributed by atoms with E-state index in [0.717, 1.165) is 5.56 Å². The van der Waals surface area contributed by atoms with Crippen molar-refractivity contribution in [1.29, 1.82) is 0 Å². The molecule has 1 heterocycles. The lowest BCUT2D eigenvalue weighted by Gasteiger charge is -2.06. The van der Waals surface area contributed by atoms with Gasteiger partial charge in [0, 0.05) is 16.7 Å². The summed E-state index contributed by atoms with van der Waals surface area (Å²) in [7, 11) is 0. The van der Waals surface area contributed by atoms with Crippen LogP contribution < -0.4 is 4.74 Å². The summed E-state index contributed by atoms with van der Waals surface area (Å²) in [5.74, 6) is -0.309.